The van der Waals surface area contributed by atoms with Crippen molar-refractivity contribution >= 4 is 46.3 Å². The molecule has 0 aliphatic carbocycles. The van der Waals surface area contributed by atoms with Crippen molar-refractivity contribution < 1.29 is 19.4 Å². The zero-order valence-electron chi connectivity index (χ0n) is 12.8. The average molecular weight is 351 g/mol. The minimum atomic E-state index is -1.05. The molecule has 1 aliphatic heterocycles. The number of para-hydroxylation sites is 1. The monoisotopic (exact) mass is 351 g/mol. The zero-order valence-corrected chi connectivity index (χ0v) is 14.4. The Morgan fingerprint density at radius 3 is 2.78 bits per heavy atom. The molecule has 0 bridgehead atoms. The van der Waals surface area contributed by atoms with Crippen LogP contribution in [-0.2, 0) is 9.59 Å². The van der Waals surface area contributed by atoms with Crippen molar-refractivity contribution in [2.24, 2.45) is 5.92 Å². The third kappa shape index (κ3) is 4.56. The topological polar surface area (TPSA) is 66.8 Å². The second-order valence-electron chi connectivity index (χ2n) is 5.41. The van der Waals surface area contributed by atoms with Crippen LogP contribution in [0, 0.1) is 5.92 Å². The molecule has 1 amide bonds. The summed E-state index contributed by atoms with van der Waals surface area (Å²) in [5, 5.41) is 8.72. The number of carboxylic acid groups (broad SMARTS) is 1. The van der Waals surface area contributed by atoms with Gasteiger partial charge >= 0.3 is 5.97 Å². The smallest absolute Gasteiger partial charge is 0.341 e. The minimum Gasteiger partial charge on any atom is -0.481 e. The number of benzene rings is 1. The Kier molecular flexibility index (Phi) is 5.79. The van der Waals surface area contributed by atoms with E-state index in [1.165, 1.54) is 11.8 Å². The van der Waals surface area contributed by atoms with Gasteiger partial charge in [-0.3, -0.25) is 9.69 Å². The quantitative estimate of drug-likeness (QED) is 0.628. The van der Waals surface area contributed by atoms with Crippen LogP contribution in [0.4, 0.5) is 0 Å². The van der Waals surface area contributed by atoms with Crippen LogP contribution in [0.2, 0.25) is 0 Å². The van der Waals surface area contributed by atoms with Gasteiger partial charge in [0.05, 0.1) is 4.91 Å². The van der Waals surface area contributed by atoms with Gasteiger partial charge in [0.2, 0.25) is 0 Å². The first-order chi connectivity index (χ1) is 10.9. The van der Waals surface area contributed by atoms with Gasteiger partial charge in [0.1, 0.15) is 10.1 Å². The van der Waals surface area contributed by atoms with E-state index in [9.17, 15) is 9.59 Å². The van der Waals surface area contributed by atoms with Crippen molar-refractivity contribution in [1.82, 2.24) is 4.90 Å². The summed E-state index contributed by atoms with van der Waals surface area (Å²) < 4.78 is 5.79. The number of nitrogens with zero attached hydrogens (tertiary/aromatic N) is 1. The average Bonchev–Trinajstić information content (AvgIpc) is 2.73. The highest BCUT2D eigenvalue weighted by Crippen LogP contribution is 2.34. The predicted molar refractivity (Wildman–Crippen MR) is 94.3 cm³/mol. The Labute approximate surface area is 144 Å². The standard InChI is InChI=1S/C16H17NO4S2/c1-10(2)8-17-15(20)13(23-16(17)22)7-11-5-3-4-6-12(11)21-9-14(18)19/h3-7,10H,8-9H2,1-2H3,(H,18,19)/b13-7+. The van der Waals surface area contributed by atoms with Crippen molar-refractivity contribution in [2.75, 3.05) is 13.2 Å². The number of carboxylic acids is 1. The summed E-state index contributed by atoms with van der Waals surface area (Å²) in [6.07, 6.45) is 1.69. The van der Waals surface area contributed by atoms with E-state index in [1.54, 1.807) is 35.2 Å². The first-order valence-electron chi connectivity index (χ1n) is 7.07. The Morgan fingerprint density at radius 2 is 2.13 bits per heavy atom. The van der Waals surface area contributed by atoms with Crippen LogP contribution in [0.5, 0.6) is 5.75 Å². The predicted octanol–water partition coefficient (Wildman–Crippen LogP) is 3.01. The molecule has 1 heterocycles. The van der Waals surface area contributed by atoms with Gasteiger partial charge in [0, 0.05) is 12.1 Å². The van der Waals surface area contributed by atoms with Gasteiger partial charge in [0.25, 0.3) is 5.91 Å². The molecule has 1 aromatic rings. The van der Waals surface area contributed by atoms with Crippen LogP contribution in [-0.4, -0.2) is 39.4 Å². The maximum absolute atomic E-state index is 12.4. The van der Waals surface area contributed by atoms with Gasteiger partial charge < -0.3 is 9.84 Å². The van der Waals surface area contributed by atoms with Gasteiger partial charge in [-0.2, -0.15) is 0 Å². The maximum Gasteiger partial charge on any atom is 0.341 e. The van der Waals surface area contributed by atoms with Crippen molar-refractivity contribution in [2.45, 2.75) is 13.8 Å². The van der Waals surface area contributed by atoms with Gasteiger partial charge in [-0.05, 0) is 18.1 Å². The third-order valence-corrected chi connectivity index (χ3v) is 4.36. The number of carbonyl (C=O) groups excluding carboxylic acids is 1. The number of hydrogen-bond donors (Lipinski definition) is 1. The molecule has 122 valence electrons. The third-order valence-electron chi connectivity index (χ3n) is 2.98. The fourth-order valence-corrected chi connectivity index (χ4v) is 3.30. The van der Waals surface area contributed by atoms with Crippen molar-refractivity contribution in [3.63, 3.8) is 0 Å². The molecule has 1 aliphatic rings. The normalized spacial score (nSPS) is 16.5. The molecule has 2 rings (SSSR count). The van der Waals surface area contributed by atoms with E-state index in [4.69, 9.17) is 22.1 Å². The largest absolute Gasteiger partial charge is 0.481 e. The molecular weight excluding hydrogens is 334 g/mol. The summed E-state index contributed by atoms with van der Waals surface area (Å²) in [5.41, 5.74) is 0.652. The van der Waals surface area contributed by atoms with E-state index in [0.29, 0.717) is 33.0 Å². The highest BCUT2D eigenvalue weighted by atomic mass is 32.2. The fraction of sp³-hybridized carbons (Fsp3) is 0.312. The van der Waals surface area contributed by atoms with Gasteiger partial charge in [0.15, 0.2) is 6.61 Å². The lowest BCUT2D eigenvalue weighted by molar-refractivity contribution is -0.139. The molecule has 0 spiro atoms. The Balaban J connectivity index is 2.24. The SMILES string of the molecule is CC(C)CN1C(=O)/C(=C\c2ccccc2OCC(=O)O)SC1=S. The minimum absolute atomic E-state index is 0.123. The molecule has 0 radical (unpaired) electrons. The van der Waals surface area contributed by atoms with E-state index in [0.717, 1.165) is 0 Å². The number of hydrogen-bond acceptors (Lipinski definition) is 5. The molecule has 0 aromatic heterocycles. The summed E-state index contributed by atoms with van der Waals surface area (Å²) in [6, 6.07) is 6.99. The molecule has 7 heteroatoms. The summed E-state index contributed by atoms with van der Waals surface area (Å²) in [5.74, 6) is -0.433. The van der Waals surface area contributed by atoms with Gasteiger partial charge in [-0.1, -0.05) is 56.0 Å². The van der Waals surface area contributed by atoms with Gasteiger partial charge in [-0.25, -0.2) is 4.79 Å². The number of aliphatic carboxylic acids is 1. The summed E-state index contributed by atoms with van der Waals surface area (Å²) >= 11 is 6.51. The Hall–Kier alpha value is -1.86. The molecule has 0 atom stereocenters. The zero-order chi connectivity index (χ0) is 17.0. The van der Waals surface area contributed by atoms with Crippen LogP contribution in [0.3, 0.4) is 0 Å². The van der Waals surface area contributed by atoms with E-state index >= 15 is 0 Å². The number of thioether (sulfide) groups is 1. The highest BCUT2D eigenvalue weighted by molar-refractivity contribution is 8.26. The number of ether oxygens (including phenoxy) is 1. The van der Waals surface area contributed by atoms with E-state index in [-0.39, 0.29) is 5.91 Å². The van der Waals surface area contributed by atoms with Crippen molar-refractivity contribution in [3.05, 3.63) is 34.7 Å². The first-order valence-corrected chi connectivity index (χ1v) is 8.30. The Bertz CT molecular complexity index is 670. The van der Waals surface area contributed by atoms with E-state index in [2.05, 4.69) is 0 Å². The number of rotatable bonds is 6. The fourth-order valence-electron chi connectivity index (χ4n) is 2.03. The van der Waals surface area contributed by atoms with Crippen LogP contribution >= 0.6 is 24.0 Å². The lowest BCUT2D eigenvalue weighted by Crippen LogP contribution is -2.31. The number of thiocarbonyl (C=S) groups is 1. The lowest BCUT2D eigenvalue weighted by atomic mass is 10.1. The van der Waals surface area contributed by atoms with Crippen LogP contribution in [0.1, 0.15) is 19.4 Å². The molecule has 1 fully saturated rings. The number of amides is 1. The second-order valence-corrected chi connectivity index (χ2v) is 7.08. The Morgan fingerprint density at radius 1 is 1.43 bits per heavy atom. The van der Waals surface area contributed by atoms with Crippen LogP contribution in [0.25, 0.3) is 6.08 Å². The molecule has 5 nitrogen and oxygen atoms in total. The molecule has 0 unspecified atom stereocenters. The summed E-state index contributed by atoms with van der Waals surface area (Å²) in [7, 11) is 0. The number of carbonyl (C=O) groups is 2. The van der Waals surface area contributed by atoms with Crippen molar-refractivity contribution in [1.29, 1.82) is 0 Å². The summed E-state index contributed by atoms with van der Waals surface area (Å²) in [4.78, 5) is 25.2. The molecule has 23 heavy (non-hydrogen) atoms. The molecule has 1 saturated heterocycles. The first kappa shape index (κ1) is 17.5. The molecule has 1 N–H and O–H groups in total. The second kappa shape index (κ2) is 7.61. The highest BCUT2D eigenvalue weighted by Gasteiger charge is 2.32. The summed E-state index contributed by atoms with van der Waals surface area (Å²) in [6.45, 7) is 4.20. The van der Waals surface area contributed by atoms with E-state index < -0.39 is 12.6 Å². The van der Waals surface area contributed by atoms with Crippen molar-refractivity contribution in [3.8, 4) is 5.75 Å². The van der Waals surface area contributed by atoms with E-state index in [1.807, 2.05) is 13.8 Å². The molecule has 0 saturated carbocycles. The van der Waals surface area contributed by atoms with Crippen LogP contribution < -0.4 is 4.74 Å². The molecule has 1 aromatic carbocycles. The lowest BCUT2D eigenvalue weighted by Gasteiger charge is -2.16. The van der Waals surface area contributed by atoms with Gasteiger partial charge in [-0.15, -0.1) is 0 Å². The molecular formula is C16H17NO4S2. The maximum atomic E-state index is 12.4. The van der Waals surface area contributed by atoms with Crippen LogP contribution in [0.15, 0.2) is 29.2 Å².